The highest BCUT2D eigenvalue weighted by Gasteiger charge is 2.27. The summed E-state index contributed by atoms with van der Waals surface area (Å²) < 4.78 is 14.2. The molecule has 0 bridgehead atoms. The second kappa shape index (κ2) is 12.3. The van der Waals surface area contributed by atoms with Crippen molar-refractivity contribution in [3.05, 3.63) is 69.5 Å². The molecule has 0 heterocycles. The smallest absolute Gasteiger partial charge is 0.242 e. The highest BCUT2D eigenvalue weighted by Crippen LogP contribution is 2.28. The maximum atomic E-state index is 14.2. The van der Waals surface area contributed by atoms with Crippen LogP contribution in [0.25, 0.3) is 0 Å². The second-order valence-electron chi connectivity index (χ2n) is 7.30. The lowest BCUT2D eigenvalue weighted by Crippen LogP contribution is -2.50. The maximum absolute atomic E-state index is 14.2. The fraction of sp³-hybridized carbons (Fsp3) is 0.391. The normalized spacial score (nSPS) is 12.8. The van der Waals surface area contributed by atoms with Crippen molar-refractivity contribution < 1.29 is 14.0 Å². The van der Waals surface area contributed by atoms with Gasteiger partial charge in [-0.05, 0) is 44.0 Å². The summed E-state index contributed by atoms with van der Waals surface area (Å²) in [4.78, 5) is 27.1. The minimum atomic E-state index is -0.745. The number of nitrogens with zero attached hydrogens (tertiary/aromatic N) is 1. The summed E-state index contributed by atoms with van der Waals surface area (Å²) in [6, 6.07) is 10.8. The number of halogens is 3. The highest BCUT2D eigenvalue weighted by molar-refractivity contribution is 7.99. The van der Waals surface area contributed by atoms with E-state index in [0.717, 1.165) is 12.0 Å². The van der Waals surface area contributed by atoms with Crippen LogP contribution in [0, 0.1) is 5.82 Å². The summed E-state index contributed by atoms with van der Waals surface area (Å²) in [7, 11) is 0. The van der Waals surface area contributed by atoms with E-state index in [-0.39, 0.29) is 30.2 Å². The van der Waals surface area contributed by atoms with Crippen molar-refractivity contribution in [3.63, 3.8) is 0 Å². The molecular weight excluding hydrogens is 458 g/mol. The Morgan fingerprint density at radius 2 is 1.74 bits per heavy atom. The van der Waals surface area contributed by atoms with Gasteiger partial charge in [0.15, 0.2) is 0 Å². The molecule has 2 aromatic carbocycles. The molecule has 0 aliphatic heterocycles. The maximum Gasteiger partial charge on any atom is 0.242 e. The number of hydrogen-bond donors (Lipinski definition) is 1. The fourth-order valence-electron chi connectivity index (χ4n) is 2.85. The zero-order valence-corrected chi connectivity index (χ0v) is 20.2. The summed E-state index contributed by atoms with van der Waals surface area (Å²) in [6.45, 7) is 5.53. The van der Waals surface area contributed by atoms with Crippen molar-refractivity contribution in [2.75, 3.05) is 5.75 Å². The molecule has 4 nitrogen and oxygen atoms in total. The van der Waals surface area contributed by atoms with Crippen LogP contribution < -0.4 is 5.32 Å². The highest BCUT2D eigenvalue weighted by atomic mass is 35.5. The molecule has 2 aromatic rings. The molecule has 2 amide bonds. The largest absolute Gasteiger partial charge is 0.352 e. The first kappa shape index (κ1) is 25.5. The molecule has 0 aliphatic carbocycles. The third-order valence-corrected chi connectivity index (χ3v) is 6.65. The number of thioether (sulfide) groups is 1. The van der Waals surface area contributed by atoms with E-state index >= 15 is 0 Å². The average molecular weight is 485 g/mol. The molecular formula is C23H27Cl2FN2O2S. The van der Waals surface area contributed by atoms with Crippen molar-refractivity contribution in [2.45, 2.75) is 51.6 Å². The van der Waals surface area contributed by atoms with Crippen LogP contribution >= 0.6 is 35.0 Å². The molecule has 0 radical (unpaired) electrons. The predicted molar refractivity (Wildman–Crippen MR) is 127 cm³/mol. The van der Waals surface area contributed by atoms with E-state index in [4.69, 9.17) is 23.2 Å². The van der Waals surface area contributed by atoms with Crippen LogP contribution in [0.5, 0.6) is 0 Å². The Labute approximate surface area is 197 Å². The second-order valence-corrected chi connectivity index (χ2v) is 9.10. The Hall–Kier alpha value is -1.76. The lowest BCUT2D eigenvalue weighted by molar-refractivity contribution is -0.139. The van der Waals surface area contributed by atoms with Crippen LogP contribution in [0.15, 0.2) is 42.5 Å². The lowest BCUT2D eigenvalue weighted by Gasteiger charge is -2.29. The number of rotatable bonds is 10. The van der Waals surface area contributed by atoms with Gasteiger partial charge < -0.3 is 10.2 Å². The first-order valence-electron chi connectivity index (χ1n) is 10.1. The van der Waals surface area contributed by atoms with E-state index in [1.807, 2.05) is 13.8 Å². The van der Waals surface area contributed by atoms with Crippen molar-refractivity contribution >= 4 is 46.8 Å². The van der Waals surface area contributed by atoms with Crippen LogP contribution in [-0.2, 0) is 21.9 Å². The van der Waals surface area contributed by atoms with E-state index in [0.29, 0.717) is 21.4 Å². The number of carbonyl (C=O) groups is 2. The SMILES string of the molecule is CC[C@H](C)NC(=O)[C@@H](C)N(Cc1ccccc1F)C(=O)CSCc1c(Cl)cccc1Cl. The number of amides is 2. The molecule has 0 spiro atoms. The van der Waals surface area contributed by atoms with Gasteiger partial charge in [0.05, 0.1) is 5.75 Å². The quantitative estimate of drug-likeness (QED) is 0.470. The van der Waals surface area contributed by atoms with Gasteiger partial charge in [-0.2, -0.15) is 0 Å². The Balaban J connectivity index is 2.13. The standard InChI is InChI=1S/C23H27Cl2FN2O2S/c1-4-15(2)27-23(30)16(3)28(12-17-8-5-6-11-21(17)26)22(29)14-31-13-18-19(24)9-7-10-20(18)25/h5-11,15-16H,4,12-14H2,1-3H3,(H,27,30)/t15-,16+/m0/s1. The number of carbonyl (C=O) groups excluding carboxylic acids is 2. The van der Waals surface area contributed by atoms with Crippen molar-refractivity contribution in [3.8, 4) is 0 Å². The van der Waals surface area contributed by atoms with E-state index in [1.165, 1.54) is 22.7 Å². The Bertz CT molecular complexity index is 893. The molecule has 0 fully saturated rings. The molecule has 168 valence electrons. The van der Waals surface area contributed by atoms with Gasteiger partial charge in [-0.25, -0.2) is 4.39 Å². The predicted octanol–water partition coefficient (Wildman–Crippen LogP) is 5.70. The summed E-state index contributed by atoms with van der Waals surface area (Å²) in [5.41, 5.74) is 1.12. The van der Waals surface area contributed by atoms with Gasteiger partial charge in [-0.15, -0.1) is 11.8 Å². The third kappa shape index (κ3) is 7.41. The van der Waals surface area contributed by atoms with Gasteiger partial charge in [0.2, 0.25) is 11.8 Å². The van der Waals surface area contributed by atoms with Crippen molar-refractivity contribution in [1.29, 1.82) is 0 Å². The van der Waals surface area contributed by atoms with Crippen LogP contribution in [0.3, 0.4) is 0 Å². The van der Waals surface area contributed by atoms with Gasteiger partial charge in [-0.1, -0.05) is 54.4 Å². The first-order valence-corrected chi connectivity index (χ1v) is 12.0. The Morgan fingerprint density at radius 3 is 2.35 bits per heavy atom. The topological polar surface area (TPSA) is 49.4 Å². The van der Waals surface area contributed by atoms with Crippen LogP contribution in [0.4, 0.5) is 4.39 Å². The fourth-order valence-corrected chi connectivity index (χ4v) is 4.50. The van der Waals surface area contributed by atoms with Crippen molar-refractivity contribution in [1.82, 2.24) is 10.2 Å². The van der Waals surface area contributed by atoms with Gasteiger partial charge in [0.25, 0.3) is 0 Å². The van der Waals surface area contributed by atoms with Crippen molar-refractivity contribution in [2.24, 2.45) is 0 Å². The van der Waals surface area contributed by atoms with Gasteiger partial charge in [0, 0.05) is 33.9 Å². The summed E-state index contributed by atoms with van der Waals surface area (Å²) in [5.74, 6) is -0.380. The molecule has 8 heteroatoms. The summed E-state index contributed by atoms with van der Waals surface area (Å²) in [5, 5.41) is 3.97. The van der Waals surface area contributed by atoms with Crippen LogP contribution in [-0.4, -0.2) is 34.6 Å². The number of benzene rings is 2. The van der Waals surface area contributed by atoms with E-state index in [1.54, 1.807) is 43.3 Å². The zero-order chi connectivity index (χ0) is 23.0. The Kier molecular flexibility index (Phi) is 10.1. The molecule has 2 atom stereocenters. The lowest BCUT2D eigenvalue weighted by atomic mass is 10.1. The van der Waals surface area contributed by atoms with E-state index < -0.39 is 11.9 Å². The van der Waals surface area contributed by atoms with Crippen LogP contribution in [0.2, 0.25) is 10.0 Å². The summed E-state index contributed by atoms with van der Waals surface area (Å²) in [6.07, 6.45) is 0.772. The number of nitrogens with one attached hydrogen (secondary N) is 1. The first-order chi connectivity index (χ1) is 14.7. The van der Waals surface area contributed by atoms with Gasteiger partial charge >= 0.3 is 0 Å². The molecule has 0 aliphatic rings. The minimum absolute atomic E-state index is 0.00795. The molecule has 0 unspecified atom stereocenters. The molecule has 0 saturated carbocycles. The van der Waals surface area contributed by atoms with E-state index in [9.17, 15) is 14.0 Å². The molecule has 31 heavy (non-hydrogen) atoms. The average Bonchev–Trinajstić information content (AvgIpc) is 2.74. The van der Waals surface area contributed by atoms with Gasteiger partial charge in [0.1, 0.15) is 11.9 Å². The third-order valence-electron chi connectivity index (χ3n) is 5.00. The molecule has 0 saturated heterocycles. The summed E-state index contributed by atoms with van der Waals surface area (Å²) >= 11 is 13.7. The van der Waals surface area contributed by atoms with Gasteiger partial charge in [-0.3, -0.25) is 9.59 Å². The number of hydrogen-bond acceptors (Lipinski definition) is 3. The molecule has 2 rings (SSSR count). The Morgan fingerprint density at radius 1 is 1.10 bits per heavy atom. The minimum Gasteiger partial charge on any atom is -0.352 e. The molecule has 0 aromatic heterocycles. The molecule has 1 N–H and O–H groups in total. The monoisotopic (exact) mass is 484 g/mol. The van der Waals surface area contributed by atoms with Crippen LogP contribution in [0.1, 0.15) is 38.3 Å². The zero-order valence-electron chi connectivity index (χ0n) is 17.8. The van der Waals surface area contributed by atoms with E-state index in [2.05, 4.69) is 5.32 Å².